The van der Waals surface area contributed by atoms with E-state index in [-0.39, 0.29) is 12.1 Å². The molecule has 0 aromatic heterocycles. The molecule has 0 aromatic carbocycles. The van der Waals surface area contributed by atoms with E-state index >= 15 is 0 Å². The minimum atomic E-state index is 0.240. The molecule has 2 N–H and O–H groups in total. The third-order valence-corrected chi connectivity index (χ3v) is 6.67. The first kappa shape index (κ1) is 22.0. The lowest BCUT2D eigenvalue weighted by Gasteiger charge is -2.31. The van der Waals surface area contributed by atoms with Crippen molar-refractivity contribution in [3.8, 4) is 0 Å². The van der Waals surface area contributed by atoms with Gasteiger partial charge in [-0.1, -0.05) is 75.8 Å². The largest absolute Gasteiger partial charge is 0.288 e. The van der Waals surface area contributed by atoms with E-state index in [4.69, 9.17) is 24.4 Å². The van der Waals surface area contributed by atoms with Crippen LogP contribution in [-0.2, 0) is 0 Å². The number of rotatable bonds is 9. The van der Waals surface area contributed by atoms with Crippen molar-refractivity contribution in [1.29, 1.82) is 0 Å². The van der Waals surface area contributed by atoms with Gasteiger partial charge in [0.15, 0.2) is 0 Å². The van der Waals surface area contributed by atoms with Crippen LogP contribution < -0.4 is 0 Å². The van der Waals surface area contributed by atoms with Gasteiger partial charge < -0.3 is 0 Å². The smallest absolute Gasteiger partial charge is 0.104 e. The lowest BCUT2D eigenvalue weighted by molar-refractivity contribution is -0.0636. The molecule has 0 aliphatic heterocycles. The van der Waals surface area contributed by atoms with Gasteiger partial charge in [0.1, 0.15) is 9.98 Å². The fourth-order valence-corrected chi connectivity index (χ4v) is 4.78. The van der Waals surface area contributed by atoms with Gasteiger partial charge in [-0.15, -0.1) is 0 Å². The third-order valence-electron chi connectivity index (χ3n) is 5.88. The molecule has 0 amide bonds. The quantitative estimate of drug-likeness (QED) is 0.280. The molecule has 0 aromatic rings. The van der Waals surface area contributed by atoms with Crippen LogP contribution in [0.3, 0.4) is 0 Å². The fourth-order valence-electron chi connectivity index (χ4n) is 4.19. The average molecular weight is 401 g/mol. The van der Waals surface area contributed by atoms with Crippen molar-refractivity contribution in [1.82, 2.24) is 10.1 Å². The maximum Gasteiger partial charge on any atom is 0.104 e. The van der Waals surface area contributed by atoms with Crippen LogP contribution >= 0.6 is 24.4 Å². The van der Waals surface area contributed by atoms with Crippen LogP contribution in [-0.4, -0.2) is 42.6 Å². The Morgan fingerprint density at radius 3 is 1.31 bits per heavy atom. The summed E-state index contributed by atoms with van der Waals surface area (Å²) in [6, 6.07) is 0.480. The van der Waals surface area contributed by atoms with Crippen molar-refractivity contribution in [2.24, 2.45) is 0 Å². The summed E-state index contributed by atoms with van der Waals surface area (Å²) in [6.45, 7) is 0. The van der Waals surface area contributed by atoms with E-state index in [1.165, 1.54) is 48.7 Å². The molecule has 0 saturated heterocycles. The molecule has 150 valence electrons. The molecule has 2 aliphatic rings. The van der Waals surface area contributed by atoms with Gasteiger partial charge in [0.25, 0.3) is 0 Å². The highest BCUT2D eigenvalue weighted by Gasteiger charge is 2.22. The Morgan fingerprint density at radius 1 is 0.615 bits per heavy atom. The Hall–Kier alpha value is -0.300. The maximum absolute atomic E-state index is 10.2. The molecule has 2 fully saturated rings. The van der Waals surface area contributed by atoms with Crippen molar-refractivity contribution < 1.29 is 10.4 Å². The Bertz CT molecular complexity index is 396. The van der Waals surface area contributed by atoms with Gasteiger partial charge in [0, 0.05) is 12.8 Å². The summed E-state index contributed by atoms with van der Waals surface area (Å²) >= 11 is 10.8. The Kier molecular flexibility index (Phi) is 10.3. The molecule has 4 nitrogen and oxygen atoms in total. The first-order valence-electron chi connectivity index (χ1n) is 10.6. The predicted octanol–water partition coefficient (Wildman–Crippen LogP) is 6.03. The fraction of sp³-hybridized carbons (Fsp3) is 0.900. The van der Waals surface area contributed by atoms with Crippen LogP contribution in [0, 0.1) is 0 Å². The summed E-state index contributed by atoms with van der Waals surface area (Å²) in [5, 5.41) is 23.2. The topological polar surface area (TPSA) is 46.9 Å². The molecule has 0 atom stereocenters. The van der Waals surface area contributed by atoms with Gasteiger partial charge in [-0.3, -0.25) is 10.4 Å². The zero-order valence-corrected chi connectivity index (χ0v) is 17.7. The highest BCUT2D eigenvalue weighted by molar-refractivity contribution is 7.80. The summed E-state index contributed by atoms with van der Waals surface area (Å²) in [5.74, 6) is 0. The van der Waals surface area contributed by atoms with E-state index in [9.17, 15) is 10.4 Å². The molecule has 26 heavy (non-hydrogen) atoms. The predicted molar refractivity (Wildman–Crippen MR) is 114 cm³/mol. The average Bonchev–Trinajstić information content (AvgIpc) is 2.70. The summed E-state index contributed by atoms with van der Waals surface area (Å²) < 4.78 is 0. The second-order valence-electron chi connectivity index (χ2n) is 7.97. The van der Waals surface area contributed by atoms with Crippen LogP contribution in [0.1, 0.15) is 103 Å². The van der Waals surface area contributed by atoms with Crippen molar-refractivity contribution in [2.45, 2.75) is 115 Å². The van der Waals surface area contributed by atoms with Crippen molar-refractivity contribution in [3.05, 3.63) is 0 Å². The molecule has 2 rings (SSSR count). The zero-order valence-electron chi connectivity index (χ0n) is 16.1. The van der Waals surface area contributed by atoms with E-state index in [0.717, 1.165) is 64.2 Å². The van der Waals surface area contributed by atoms with Crippen LogP contribution in [0.25, 0.3) is 0 Å². The number of nitrogens with zero attached hydrogens (tertiary/aromatic N) is 2. The van der Waals surface area contributed by atoms with Crippen LogP contribution in [0.4, 0.5) is 0 Å². The normalized spacial score (nSPS) is 19.3. The second-order valence-corrected chi connectivity index (χ2v) is 8.92. The molecule has 6 heteroatoms. The van der Waals surface area contributed by atoms with Crippen LogP contribution in [0.2, 0.25) is 0 Å². The van der Waals surface area contributed by atoms with Gasteiger partial charge in [-0.05, 0) is 38.5 Å². The van der Waals surface area contributed by atoms with Crippen LogP contribution in [0.5, 0.6) is 0 Å². The lowest BCUT2D eigenvalue weighted by atomic mass is 9.95. The molecule has 0 heterocycles. The number of unbranched alkanes of at least 4 members (excludes halogenated alkanes) is 3. The van der Waals surface area contributed by atoms with Gasteiger partial charge in [0.05, 0.1) is 12.1 Å². The highest BCUT2D eigenvalue weighted by Crippen LogP contribution is 2.24. The Balaban J connectivity index is 1.51. The minimum absolute atomic E-state index is 0.240. The molecule has 2 aliphatic carbocycles. The molecule has 0 bridgehead atoms. The lowest BCUT2D eigenvalue weighted by Crippen LogP contribution is -2.37. The van der Waals surface area contributed by atoms with Crippen molar-refractivity contribution >= 4 is 34.4 Å². The first-order chi connectivity index (χ1) is 12.6. The Morgan fingerprint density at radius 2 is 0.962 bits per heavy atom. The van der Waals surface area contributed by atoms with E-state index in [1.54, 1.807) is 0 Å². The molecule has 0 spiro atoms. The number of hydrogen-bond donors (Lipinski definition) is 2. The van der Waals surface area contributed by atoms with Crippen molar-refractivity contribution in [3.63, 3.8) is 0 Å². The number of hydroxylamine groups is 4. The zero-order chi connectivity index (χ0) is 18.8. The molecule has 0 radical (unpaired) electrons. The number of hydrogen-bond acceptors (Lipinski definition) is 4. The Labute approximate surface area is 169 Å². The molecule has 0 unspecified atom stereocenters. The van der Waals surface area contributed by atoms with Gasteiger partial charge in [-0.2, -0.15) is 0 Å². The van der Waals surface area contributed by atoms with Gasteiger partial charge >= 0.3 is 0 Å². The van der Waals surface area contributed by atoms with Crippen molar-refractivity contribution in [2.75, 3.05) is 0 Å². The van der Waals surface area contributed by atoms with E-state index < -0.39 is 0 Å². The molecular weight excluding hydrogens is 364 g/mol. The van der Waals surface area contributed by atoms with E-state index in [0.29, 0.717) is 9.98 Å². The van der Waals surface area contributed by atoms with E-state index in [1.807, 2.05) is 0 Å². The van der Waals surface area contributed by atoms with Gasteiger partial charge in [-0.25, -0.2) is 10.1 Å². The SMILES string of the molecule is ON(C(=S)CCCCCCC(=S)N(O)C1CCCCC1)C1CCCCC1. The third kappa shape index (κ3) is 7.37. The monoisotopic (exact) mass is 400 g/mol. The van der Waals surface area contributed by atoms with Crippen LogP contribution in [0.15, 0.2) is 0 Å². The standard InChI is InChI=1S/C20H36N2O2S2/c23-21(17-11-5-3-6-12-17)19(25)15-9-1-2-10-16-20(26)22(24)18-13-7-4-8-14-18/h17-18,23-24H,1-16H2. The summed E-state index contributed by atoms with van der Waals surface area (Å²) in [6.07, 6.45) is 17.4. The maximum atomic E-state index is 10.2. The van der Waals surface area contributed by atoms with Gasteiger partial charge in [0.2, 0.25) is 0 Å². The summed E-state index contributed by atoms with van der Waals surface area (Å²) in [5.41, 5.74) is 0. The van der Waals surface area contributed by atoms with E-state index in [2.05, 4.69) is 0 Å². The second kappa shape index (κ2) is 12.2. The summed E-state index contributed by atoms with van der Waals surface area (Å²) in [7, 11) is 0. The first-order valence-corrected chi connectivity index (χ1v) is 11.4. The highest BCUT2D eigenvalue weighted by atomic mass is 32.1. The molecule has 2 saturated carbocycles. The minimum Gasteiger partial charge on any atom is -0.288 e. The molecular formula is C20H36N2O2S2. The number of thiocarbonyl (C=S) groups is 2. The summed E-state index contributed by atoms with van der Waals surface area (Å²) in [4.78, 5) is 1.40.